The van der Waals surface area contributed by atoms with Crippen molar-refractivity contribution in [2.45, 2.75) is 96.3 Å². The number of hydroxylamine groups is 2. The van der Waals surface area contributed by atoms with E-state index in [9.17, 15) is 31.6 Å². The van der Waals surface area contributed by atoms with Crippen LogP contribution in [-0.2, 0) is 51.6 Å². The number of carbonyl (C=O) groups is 2. The van der Waals surface area contributed by atoms with Crippen LogP contribution in [-0.4, -0.2) is 97.0 Å². The molecule has 3 fully saturated rings. The number of rotatable bonds is 14. The van der Waals surface area contributed by atoms with E-state index in [1.165, 1.54) is 73.8 Å². The molecular formula is C49H57N5O11S2. The number of aryl methyl sites for hydroxylation is 1. The number of amides is 2. The first-order chi connectivity index (χ1) is 32.4. The molecule has 4 heterocycles. The molecule has 67 heavy (non-hydrogen) atoms. The summed E-state index contributed by atoms with van der Waals surface area (Å²) in [6.07, 6.45) is 14.8. The summed E-state index contributed by atoms with van der Waals surface area (Å²) in [7, 11) is -6.49. The normalized spacial score (nSPS) is 17.3. The van der Waals surface area contributed by atoms with E-state index in [1.54, 1.807) is 49.2 Å². The van der Waals surface area contributed by atoms with Gasteiger partial charge in [0.25, 0.3) is 11.8 Å². The summed E-state index contributed by atoms with van der Waals surface area (Å²) in [5.74, 6) is -0.242. The van der Waals surface area contributed by atoms with Gasteiger partial charge in [-0.3, -0.25) is 35.0 Å². The van der Waals surface area contributed by atoms with Gasteiger partial charge in [-0.2, -0.15) is 0 Å². The summed E-state index contributed by atoms with van der Waals surface area (Å²) in [5.41, 5.74) is 9.02. The van der Waals surface area contributed by atoms with Crippen molar-refractivity contribution in [3.63, 3.8) is 0 Å². The van der Waals surface area contributed by atoms with Crippen LogP contribution in [0.4, 0.5) is 0 Å². The molecule has 5 aromatic rings. The Bertz CT molecular complexity index is 2650. The molecule has 3 aliphatic rings. The van der Waals surface area contributed by atoms with Gasteiger partial charge >= 0.3 is 0 Å². The van der Waals surface area contributed by atoms with E-state index in [0.717, 1.165) is 40.6 Å². The third-order valence-electron chi connectivity index (χ3n) is 13.2. The molecule has 0 bridgehead atoms. The van der Waals surface area contributed by atoms with Crippen LogP contribution in [0.1, 0.15) is 81.0 Å². The Labute approximate surface area is 391 Å². The molecule has 4 N–H and O–H groups in total. The number of ether oxygens (including phenoxy) is 3. The molecule has 8 rings (SSSR count). The average molecular weight is 956 g/mol. The standard InChI is InChI=1S/C25H32N2O5S.C24H25N3O6S/c28-24(27-29)25(14-16-32-17-15-25)33(30,31)22-11-9-21(10-12-22)23-13-8-20(18-26-23)7-6-19-4-2-1-3-5-19;1-32-20-6-2-17(3-7-20)14-19-15-26-22(16-25-19)18-4-8-21(9-5-18)34(30,31)24(23(28)27-29)10-12-33-13-11-24/h8-13,18-19,29H,1-7,14-17H2,(H,27,28);2-9,15-16,29H,10-14H2,1H3,(H,27,28). The summed E-state index contributed by atoms with van der Waals surface area (Å²) < 4.78 is 65.6. The van der Waals surface area contributed by atoms with Gasteiger partial charge < -0.3 is 14.2 Å². The maximum atomic E-state index is 13.4. The van der Waals surface area contributed by atoms with E-state index in [-0.39, 0.29) is 61.9 Å². The minimum absolute atomic E-state index is 0.00659. The van der Waals surface area contributed by atoms with Crippen molar-refractivity contribution >= 4 is 31.5 Å². The lowest BCUT2D eigenvalue weighted by atomic mass is 9.85. The van der Waals surface area contributed by atoms with E-state index in [1.807, 2.05) is 36.5 Å². The highest BCUT2D eigenvalue weighted by Crippen LogP contribution is 2.38. The summed E-state index contributed by atoms with van der Waals surface area (Å²) >= 11 is 0. The zero-order valence-corrected chi connectivity index (χ0v) is 39.1. The highest BCUT2D eigenvalue weighted by molar-refractivity contribution is 7.94. The van der Waals surface area contributed by atoms with Crippen LogP contribution < -0.4 is 15.7 Å². The smallest absolute Gasteiger partial charge is 0.265 e. The largest absolute Gasteiger partial charge is 0.497 e. The van der Waals surface area contributed by atoms with Gasteiger partial charge in [0.1, 0.15) is 5.75 Å². The van der Waals surface area contributed by atoms with Crippen molar-refractivity contribution in [2.75, 3.05) is 33.5 Å². The highest BCUT2D eigenvalue weighted by atomic mass is 32.2. The second kappa shape index (κ2) is 22.0. The first-order valence-electron chi connectivity index (χ1n) is 22.5. The molecule has 3 aromatic carbocycles. The lowest BCUT2D eigenvalue weighted by Crippen LogP contribution is -2.54. The Balaban J connectivity index is 0.000000199. The second-order valence-corrected chi connectivity index (χ2v) is 21.7. The predicted octanol–water partition coefficient (Wildman–Crippen LogP) is 6.66. The van der Waals surface area contributed by atoms with Gasteiger partial charge in [-0.25, -0.2) is 27.8 Å². The maximum Gasteiger partial charge on any atom is 0.265 e. The molecule has 2 aromatic heterocycles. The summed E-state index contributed by atoms with van der Waals surface area (Å²) in [6, 6.07) is 24.4. The molecule has 2 amide bonds. The fourth-order valence-corrected chi connectivity index (χ4v) is 12.9. The monoisotopic (exact) mass is 955 g/mol. The fourth-order valence-electron chi connectivity index (χ4n) is 9.04. The van der Waals surface area contributed by atoms with E-state index >= 15 is 0 Å². The molecule has 16 nitrogen and oxygen atoms in total. The molecule has 0 spiro atoms. The lowest BCUT2D eigenvalue weighted by Gasteiger charge is -2.34. The lowest BCUT2D eigenvalue weighted by molar-refractivity contribution is -0.135. The minimum Gasteiger partial charge on any atom is -0.497 e. The number of pyridine rings is 1. The molecule has 0 atom stereocenters. The molecule has 0 unspecified atom stereocenters. The van der Waals surface area contributed by atoms with Crippen LogP contribution >= 0.6 is 0 Å². The average Bonchev–Trinajstić information content (AvgIpc) is 3.39. The van der Waals surface area contributed by atoms with Crippen LogP contribution in [0, 0.1) is 5.92 Å². The molecule has 1 aliphatic carbocycles. The minimum atomic E-state index is -4.08. The molecule has 2 aliphatic heterocycles. The number of carbonyl (C=O) groups excluding carboxylic acids is 2. The highest BCUT2D eigenvalue weighted by Gasteiger charge is 2.53. The quantitative estimate of drug-likeness (QED) is 0.0674. The Morgan fingerprint density at radius 2 is 1.12 bits per heavy atom. The van der Waals surface area contributed by atoms with E-state index in [4.69, 9.17) is 19.4 Å². The molecular weight excluding hydrogens is 899 g/mol. The third-order valence-corrected chi connectivity index (χ3v) is 18.3. The number of nitrogens with zero attached hydrogens (tertiary/aromatic N) is 3. The van der Waals surface area contributed by atoms with E-state index in [0.29, 0.717) is 17.7 Å². The Morgan fingerprint density at radius 3 is 1.57 bits per heavy atom. The summed E-state index contributed by atoms with van der Waals surface area (Å²) in [4.78, 5) is 38.3. The zero-order chi connectivity index (χ0) is 47.5. The first kappa shape index (κ1) is 49.3. The number of methoxy groups -OCH3 is 1. The Kier molecular flexibility index (Phi) is 16.2. The van der Waals surface area contributed by atoms with Crippen LogP contribution in [0.2, 0.25) is 0 Å². The number of nitrogens with one attached hydrogen (secondary N) is 2. The first-order valence-corrected chi connectivity index (χ1v) is 25.5. The van der Waals surface area contributed by atoms with Crippen molar-refractivity contribution in [1.82, 2.24) is 25.9 Å². The zero-order valence-electron chi connectivity index (χ0n) is 37.4. The van der Waals surface area contributed by atoms with Crippen molar-refractivity contribution in [2.24, 2.45) is 5.92 Å². The van der Waals surface area contributed by atoms with Crippen LogP contribution in [0.25, 0.3) is 22.5 Å². The third kappa shape index (κ3) is 10.9. The Morgan fingerprint density at radius 1 is 0.627 bits per heavy atom. The Hall–Kier alpha value is -5.63. The van der Waals surface area contributed by atoms with E-state index < -0.39 is 41.0 Å². The SMILES string of the molecule is COc1ccc(Cc2cnc(-c3ccc(S(=O)(=O)C4(C(=O)NO)CCOCC4)cc3)cn2)cc1.O=C(NO)C1(S(=O)(=O)c2ccc(-c3ccc(CCC4CCCCC4)cn3)cc2)CCOCC1. The number of hydrogen-bond acceptors (Lipinski definition) is 14. The van der Waals surface area contributed by atoms with Crippen molar-refractivity contribution < 1.29 is 51.0 Å². The number of benzene rings is 3. The van der Waals surface area contributed by atoms with Gasteiger partial charge in [0.2, 0.25) is 0 Å². The van der Waals surface area contributed by atoms with Gasteiger partial charge in [-0.05, 0) is 98.0 Å². The van der Waals surface area contributed by atoms with E-state index in [2.05, 4.69) is 21.0 Å². The van der Waals surface area contributed by atoms with Crippen LogP contribution in [0.3, 0.4) is 0 Å². The number of aromatic nitrogens is 3. The van der Waals surface area contributed by atoms with Gasteiger partial charge in [0.15, 0.2) is 29.2 Å². The topological polar surface area (TPSA) is 233 Å². The van der Waals surface area contributed by atoms with Gasteiger partial charge in [0, 0.05) is 56.4 Å². The van der Waals surface area contributed by atoms with Crippen molar-refractivity contribution in [1.29, 1.82) is 0 Å². The van der Waals surface area contributed by atoms with Crippen LogP contribution in [0.5, 0.6) is 5.75 Å². The summed E-state index contributed by atoms with van der Waals surface area (Å²) in [6.45, 7) is 0.510. The predicted molar refractivity (Wildman–Crippen MR) is 248 cm³/mol. The second-order valence-electron chi connectivity index (χ2n) is 17.2. The van der Waals surface area contributed by atoms with Gasteiger partial charge in [0.05, 0.1) is 40.2 Å². The molecule has 18 heteroatoms. The van der Waals surface area contributed by atoms with Crippen molar-refractivity contribution in [3.8, 4) is 28.3 Å². The van der Waals surface area contributed by atoms with Crippen molar-refractivity contribution in [3.05, 3.63) is 120 Å². The maximum absolute atomic E-state index is 13.4. The molecule has 0 radical (unpaired) electrons. The summed E-state index contributed by atoms with van der Waals surface area (Å²) in [5, 5.41) is 18.3. The van der Waals surface area contributed by atoms with Gasteiger partial charge in [-0.15, -0.1) is 0 Å². The molecule has 356 valence electrons. The molecule has 1 saturated carbocycles. The van der Waals surface area contributed by atoms with Crippen LogP contribution in [0.15, 0.2) is 113 Å². The molecule has 2 saturated heterocycles. The number of hydrogen-bond donors (Lipinski definition) is 4. The van der Waals surface area contributed by atoms with Gasteiger partial charge in [-0.1, -0.05) is 74.6 Å². The number of sulfone groups is 2. The fraction of sp³-hybridized carbons (Fsp3) is 0.408.